The Bertz CT molecular complexity index is 202. The van der Waals surface area contributed by atoms with Gasteiger partial charge < -0.3 is 5.32 Å². The highest BCUT2D eigenvalue weighted by molar-refractivity contribution is 5.87. The second kappa shape index (κ2) is 4.45. The van der Waals surface area contributed by atoms with Crippen molar-refractivity contribution in [1.82, 2.24) is 5.32 Å². The summed E-state index contributed by atoms with van der Waals surface area (Å²) < 4.78 is 0. The Labute approximate surface area is 80.4 Å². The number of hydrogen-bond acceptors (Lipinski definition) is 1. The third-order valence-corrected chi connectivity index (χ3v) is 2.70. The summed E-state index contributed by atoms with van der Waals surface area (Å²) in [6.07, 6.45) is 9.42. The van der Waals surface area contributed by atoms with E-state index in [4.69, 9.17) is 0 Å². The molecule has 0 aromatic rings. The Balaban J connectivity index is 2.45. The zero-order chi connectivity index (χ0) is 9.73. The second-order valence-corrected chi connectivity index (χ2v) is 4.11. The molecule has 13 heavy (non-hydrogen) atoms. The molecule has 0 unspecified atom stereocenters. The van der Waals surface area contributed by atoms with Crippen molar-refractivity contribution in [2.45, 2.75) is 51.5 Å². The Morgan fingerprint density at radius 2 is 1.92 bits per heavy atom. The Hall–Kier alpha value is -0.790. The van der Waals surface area contributed by atoms with Crippen LogP contribution in [-0.4, -0.2) is 11.4 Å². The van der Waals surface area contributed by atoms with Gasteiger partial charge in [0.15, 0.2) is 0 Å². The zero-order valence-corrected chi connectivity index (χ0v) is 8.60. The fourth-order valence-corrected chi connectivity index (χ4v) is 1.95. The molecule has 0 spiro atoms. The summed E-state index contributed by atoms with van der Waals surface area (Å²) in [6, 6.07) is 0. The van der Waals surface area contributed by atoms with E-state index in [-0.39, 0.29) is 11.4 Å². The number of carbonyl (C=O) groups is 1. The van der Waals surface area contributed by atoms with Crippen molar-refractivity contribution in [2.75, 3.05) is 0 Å². The Morgan fingerprint density at radius 3 is 2.46 bits per heavy atom. The highest BCUT2D eigenvalue weighted by Crippen LogP contribution is 2.27. The topological polar surface area (TPSA) is 29.1 Å². The summed E-state index contributed by atoms with van der Waals surface area (Å²) in [5.41, 5.74) is 0.0504. The van der Waals surface area contributed by atoms with Crippen LogP contribution in [0.25, 0.3) is 0 Å². The van der Waals surface area contributed by atoms with Gasteiger partial charge >= 0.3 is 0 Å². The molecule has 0 atom stereocenters. The highest BCUT2D eigenvalue weighted by atomic mass is 16.1. The summed E-state index contributed by atoms with van der Waals surface area (Å²) in [4.78, 5) is 11.3. The van der Waals surface area contributed by atoms with Gasteiger partial charge in [0.05, 0.1) is 0 Å². The number of hydrogen-bond donors (Lipinski definition) is 1. The molecule has 0 aromatic heterocycles. The third kappa shape index (κ3) is 3.21. The van der Waals surface area contributed by atoms with Crippen molar-refractivity contribution in [3.8, 4) is 0 Å². The van der Waals surface area contributed by atoms with Gasteiger partial charge in [-0.05, 0) is 32.8 Å². The first-order valence-corrected chi connectivity index (χ1v) is 5.11. The van der Waals surface area contributed by atoms with Crippen LogP contribution >= 0.6 is 0 Å². The molecule has 0 radical (unpaired) electrons. The molecule has 1 saturated carbocycles. The summed E-state index contributed by atoms with van der Waals surface area (Å²) >= 11 is 0. The molecule has 1 fully saturated rings. The van der Waals surface area contributed by atoms with Crippen LogP contribution in [0.5, 0.6) is 0 Å². The molecule has 74 valence electrons. The standard InChI is InChI=1S/C11H19NO/c1-3-7-10(13)12-11(2)8-5-4-6-9-11/h3,7H,4-6,8-9H2,1-2H3,(H,12,13). The molecule has 1 rings (SSSR count). The molecule has 0 aliphatic heterocycles. The van der Waals surface area contributed by atoms with E-state index in [1.165, 1.54) is 19.3 Å². The van der Waals surface area contributed by atoms with E-state index in [2.05, 4.69) is 12.2 Å². The SMILES string of the molecule is CC=CC(=O)NC1(C)CCCCC1. The molecule has 1 amide bonds. The summed E-state index contributed by atoms with van der Waals surface area (Å²) in [6.45, 7) is 4.01. The fourth-order valence-electron chi connectivity index (χ4n) is 1.95. The summed E-state index contributed by atoms with van der Waals surface area (Å²) in [5.74, 6) is 0.0481. The van der Waals surface area contributed by atoms with Crippen molar-refractivity contribution in [1.29, 1.82) is 0 Å². The highest BCUT2D eigenvalue weighted by Gasteiger charge is 2.27. The lowest BCUT2D eigenvalue weighted by molar-refractivity contribution is -0.118. The molecule has 0 saturated heterocycles. The van der Waals surface area contributed by atoms with Crippen LogP contribution in [0.15, 0.2) is 12.2 Å². The smallest absolute Gasteiger partial charge is 0.244 e. The maximum Gasteiger partial charge on any atom is 0.244 e. The largest absolute Gasteiger partial charge is 0.347 e. The minimum atomic E-state index is 0.0481. The van der Waals surface area contributed by atoms with Gasteiger partial charge in [-0.3, -0.25) is 4.79 Å². The maximum absolute atomic E-state index is 11.3. The van der Waals surface area contributed by atoms with Gasteiger partial charge in [-0.25, -0.2) is 0 Å². The van der Waals surface area contributed by atoms with Crippen molar-refractivity contribution in [3.63, 3.8) is 0 Å². The molecule has 1 N–H and O–H groups in total. The van der Waals surface area contributed by atoms with E-state index >= 15 is 0 Å². The van der Waals surface area contributed by atoms with Gasteiger partial charge in [0.2, 0.25) is 5.91 Å². The van der Waals surface area contributed by atoms with Crippen LogP contribution in [0.3, 0.4) is 0 Å². The van der Waals surface area contributed by atoms with Gasteiger partial charge in [-0.1, -0.05) is 25.3 Å². The van der Waals surface area contributed by atoms with E-state index in [0.29, 0.717) is 0 Å². The third-order valence-electron chi connectivity index (χ3n) is 2.70. The monoisotopic (exact) mass is 181 g/mol. The molecule has 1 aliphatic rings. The first-order chi connectivity index (χ1) is 6.16. The van der Waals surface area contributed by atoms with Crippen molar-refractivity contribution in [3.05, 3.63) is 12.2 Å². The van der Waals surface area contributed by atoms with Gasteiger partial charge in [0, 0.05) is 5.54 Å². The van der Waals surface area contributed by atoms with Crippen molar-refractivity contribution in [2.24, 2.45) is 0 Å². The lowest BCUT2D eigenvalue weighted by Gasteiger charge is -2.34. The van der Waals surface area contributed by atoms with Crippen LogP contribution in [0.2, 0.25) is 0 Å². The molecule has 0 aromatic carbocycles. The van der Waals surface area contributed by atoms with Crippen molar-refractivity contribution < 1.29 is 4.79 Å². The first kappa shape index (κ1) is 10.3. The normalized spacial score (nSPS) is 21.7. The molecule has 2 nitrogen and oxygen atoms in total. The van der Waals surface area contributed by atoms with E-state index in [1.807, 2.05) is 6.92 Å². The Kier molecular flexibility index (Phi) is 3.52. The van der Waals surface area contributed by atoms with E-state index in [1.54, 1.807) is 12.2 Å². The predicted molar refractivity (Wildman–Crippen MR) is 54.4 cm³/mol. The maximum atomic E-state index is 11.3. The van der Waals surface area contributed by atoms with E-state index in [9.17, 15) is 4.79 Å². The van der Waals surface area contributed by atoms with Crippen LogP contribution in [0.1, 0.15) is 46.0 Å². The van der Waals surface area contributed by atoms with Crippen LogP contribution in [-0.2, 0) is 4.79 Å². The first-order valence-electron chi connectivity index (χ1n) is 5.11. The minimum Gasteiger partial charge on any atom is -0.347 e. The van der Waals surface area contributed by atoms with Crippen LogP contribution < -0.4 is 5.32 Å². The van der Waals surface area contributed by atoms with Gasteiger partial charge in [0.25, 0.3) is 0 Å². The quantitative estimate of drug-likeness (QED) is 0.651. The fraction of sp³-hybridized carbons (Fsp3) is 0.727. The summed E-state index contributed by atoms with van der Waals surface area (Å²) in [7, 11) is 0. The number of carbonyl (C=O) groups excluding carboxylic acids is 1. The number of allylic oxidation sites excluding steroid dienone is 1. The number of amides is 1. The average Bonchev–Trinajstić information content (AvgIpc) is 2.04. The van der Waals surface area contributed by atoms with E-state index in [0.717, 1.165) is 12.8 Å². The van der Waals surface area contributed by atoms with Gasteiger partial charge in [0.1, 0.15) is 0 Å². The van der Waals surface area contributed by atoms with Gasteiger partial charge in [-0.15, -0.1) is 0 Å². The lowest BCUT2D eigenvalue weighted by atomic mass is 9.83. The molecule has 0 heterocycles. The average molecular weight is 181 g/mol. The predicted octanol–water partition coefficient (Wildman–Crippen LogP) is 2.40. The number of rotatable bonds is 2. The molecule has 2 heteroatoms. The Morgan fingerprint density at radius 1 is 1.31 bits per heavy atom. The minimum absolute atomic E-state index is 0.0481. The van der Waals surface area contributed by atoms with Crippen LogP contribution in [0.4, 0.5) is 0 Å². The lowest BCUT2D eigenvalue weighted by Crippen LogP contribution is -2.46. The zero-order valence-electron chi connectivity index (χ0n) is 8.60. The number of nitrogens with one attached hydrogen (secondary N) is 1. The molecule has 1 aliphatic carbocycles. The summed E-state index contributed by atoms with van der Waals surface area (Å²) in [5, 5.41) is 3.07. The van der Waals surface area contributed by atoms with Crippen molar-refractivity contribution >= 4 is 5.91 Å². The van der Waals surface area contributed by atoms with E-state index < -0.39 is 0 Å². The molecular formula is C11H19NO. The van der Waals surface area contributed by atoms with Gasteiger partial charge in [-0.2, -0.15) is 0 Å². The molecule has 0 bridgehead atoms. The van der Waals surface area contributed by atoms with Crippen LogP contribution in [0, 0.1) is 0 Å². The molecular weight excluding hydrogens is 162 g/mol. The second-order valence-electron chi connectivity index (χ2n) is 4.11.